The highest BCUT2D eigenvalue weighted by Crippen LogP contribution is 2.20. The van der Waals surface area contributed by atoms with Crippen LogP contribution in [0.2, 0.25) is 5.02 Å². The molecule has 1 aromatic carbocycles. The van der Waals surface area contributed by atoms with Crippen LogP contribution in [0.3, 0.4) is 0 Å². The third kappa shape index (κ3) is 4.75. The maximum atomic E-state index is 12.2. The summed E-state index contributed by atoms with van der Waals surface area (Å²) in [5.74, 6) is 0.469. The molecular formula is C15H23ClN2O. The molecule has 0 heterocycles. The Morgan fingerprint density at radius 3 is 2.53 bits per heavy atom. The van der Waals surface area contributed by atoms with Gasteiger partial charge in [-0.3, -0.25) is 4.79 Å². The number of hydrogen-bond acceptors (Lipinski definition) is 2. The molecule has 2 N–H and O–H groups in total. The van der Waals surface area contributed by atoms with Gasteiger partial charge in [-0.25, -0.2) is 0 Å². The van der Waals surface area contributed by atoms with Gasteiger partial charge in [0.15, 0.2) is 0 Å². The third-order valence-electron chi connectivity index (χ3n) is 3.30. The molecule has 1 rings (SSSR count). The first-order valence-electron chi connectivity index (χ1n) is 6.93. The Morgan fingerprint density at radius 2 is 1.95 bits per heavy atom. The van der Waals surface area contributed by atoms with E-state index in [2.05, 4.69) is 24.5 Å². The maximum absolute atomic E-state index is 12.2. The number of carbonyl (C=O) groups excluding carboxylic acids is 1. The minimum absolute atomic E-state index is 0.0645. The van der Waals surface area contributed by atoms with Crippen molar-refractivity contribution >= 4 is 23.2 Å². The summed E-state index contributed by atoms with van der Waals surface area (Å²) in [4.78, 5) is 12.2. The van der Waals surface area contributed by atoms with E-state index in [1.807, 2.05) is 13.0 Å². The van der Waals surface area contributed by atoms with Crippen LogP contribution in [-0.2, 0) is 0 Å². The smallest absolute Gasteiger partial charge is 0.253 e. The Balaban J connectivity index is 2.77. The Hall–Kier alpha value is -1.22. The van der Waals surface area contributed by atoms with Crippen LogP contribution >= 0.6 is 11.6 Å². The summed E-state index contributed by atoms with van der Waals surface area (Å²) in [6.45, 7) is 7.77. The zero-order valence-corrected chi connectivity index (χ0v) is 12.7. The van der Waals surface area contributed by atoms with Crippen LogP contribution < -0.4 is 10.6 Å². The van der Waals surface area contributed by atoms with Gasteiger partial charge in [0.25, 0.3) is 5.91 Å². The van der Waals surface area contributed by atoms with E-state index in [9.17, 15) is 4.79 Å². The van der Waals surface area contributed by atoms with Crippen LogP contribution in [0.4, 0.5) is 5.69 Å². The number of amides is 1. The molecule has 0 saturated heterocycles. The summed E-state index contributed by atoms with van der Waals surface area (Å²) < 4.78 is 0. The summed E-state index contributed by atoms with van der Waals surface area (Å²) in [5.41, 5.74) is 1.44. The first-order valence-corrected chi connectivity index (χ1v) is 7.31. The van der Waals surface area contributed by atoms with E-state index in [1.165, 1.54) is 0 Å². The van der Waals surface area contributed by atoms with Gasteiger partial charge >= 0.3 is 0 Å². The van der Waals surface area contributed by atoms with Crippen LogP contribution in [0, 0.1) is 5.92 Å². The third-order valence-corrected chi connectivity index (χ3v) is 3.53. The van der Waals surface area contributed by atoms with Crippen molar-refractivity contribution in [3.63, 3.8) is 0 Å². The van der Waals surface area contributed by atoms with Crippen molar-refractivity contribution in [2.45, 2.75) is 33.6 Å². The van der Waals surface area contributed by atoms with E-state index in [1.54, 1.807) is 12.1 Å². The van der Waals surface area contributed by atoms with Crippen LogP contribution in [0.25, 0.3) is 0 Å². The molecule has 0 aliphatic carbocycles. The van der Waals surface area contributed by atoms with Gasteiger partial charge in [-0.15, -0.1) is 0 Å². The predicted molar refractivity (Wildman–Crippen MR) is 82.0 cm³/mol. The lowest BCUT2D eigenvalue weighted by molar-refractivity contribution is 0.0947. The molecule has 3 nitrogen and oxygen atoms in total. The van der Waals surface area contributed by atoms with E-state index >= 15 is 0 Å². The molecule has 0 spiro atoms. The zero-order valence-electron chi connectivity index (χ0n) is 11.9. The molecule has 1 aromatic rings. The summed E-state index contributed by atoms with van der Waals surface area (Å²) in [6.07, 6.45) is 2.15. The molecule has 0 fully saturated rings. The molecular weight excluding hydrogens is 260 g/mol. The first-order chi connectivity index (χ1) is 9.12. The van der Waals surface area contributed by atoms with Gasteiger partial charge in [-0.1, -0.05) is 38.3 Å². The molecule has 0 aromatic heterocycles. The number of carbonyl (C=O) groups is 1. The van der Waals surface area contributed by atoms with Crippen LogP contribution in [0.1, 0.15) is 44.0 Å². The molecule has 0 aliphatic rings. The van der Waals surface area contributed by atoms with Crippen molar-refractivity contribution in [2.75, 3.05) is 18.4 Å². The van der Waals surface area contributed by atoms with Crippen molar-refractivity contribution in [2.24, 2.45) is 5.92 Å². The van der Waals surface area contributed by atoms with Gasteiger partial charge in [-0.2, -0.15) is 0 Å². The van der Waals surface area contributed by atoms with Crippen LogP contribution in [0.15, 0.2) is 18.2 Å². The highest BCUT2D eigenvalue weighted by atomic mass is 35.5. The summed E-state index contributed by atoms with van der Waals surface area (Å²) in [7, 11) is 0. The molecule has 0 unspecified atom stereocenters. The molecule has 1 amide bonds. The SMILES string of the molecule is CCNc1ccc(Cl)cc1C(=O)NCC(CC)CC. The number of benzene rings is 1. The Bertz CT molecular complexity index is 417. The predicted octanol–water partition coefficient (Wildman–Crippen LogP) is 3.94. The second-order valence-electron chi connectivity index (χ2n) is 4.61. The van der Waals surface area contributed by atoms with Gasteiger partial charge in [0, 0.05) is 23.8 Å². The van der Waals surface area contributed by atoms with E-state index in [-0.39, 0.29) is 5.91 Å². The fourth-order valence-corrected chi connectivity index (χ4v) is 2.13. The number of halogens is 1. The lowest BCUT2D eigenvalue weighted by Crippen LogP contribution is -2.29. The normalized spacial score (nSPS) is 10.6. The van der Waals surface area contributed by atoms with Crippen LogP contribution in [-0.4, -0.2) is 19.0 Å². The van der Waals surface area contributed by atoms with Crippen molar-refractivity contribution in [3.05, 3.63) is 28.8 Å². The Morgan fingerprint density at radius 1 is 1.26 bits per heavy atom. The summed E-state index contributed by atoms with van der Waals surface area (Å²) in [6, 6.07) is 5.34. The van der Waals surface area contributed by atoms with Crippen molar-refractivity contribution in [1.29, 1.82) is 0 Å². The van der Waals surface area contributed by atoms with Crippen molar-refractivity contribution in [1.82, 2.24) is 5.32 Å². The van der Waals surface area contributed by atoms with Crippen molar-refractivity contribution < 1.29 is 4.79 Å². The number of nitrogens with one attached hydrogen (secondary N) is 2. The maximum Gasteiger partial charge on any atom is 0.253 e. The minimum atomic E-state index is -0.0645. The standard InChI is InChI=1S/C15H23ClN2O/c1-4-11(5-2)10-18-15(19)13-9-12(16)7-8-14(13)17-6-3/h7-9,11,17H,4-6,10H2,1-3H3,(H,18,19). The second kappa shape index (κ2) is 8.05. The van der Waals surface area contributed by atoms with Gasteiger partial charge in [-0.05, 0) is 31.0 Å². The Kier molecular flexibility index (Phi) is 6.71. The monoisotopic (exact) mass is 282 g/mol. The van der Waals surface area contributed by atoms with Gasteiger partial charge in [0.2, 0.25) is 0 Å². The summed E-state index contributed by atoms with van der Waals surface area (Å²) >= 11 is 5.97. The van der Waals surface area contributed by atoms with E-state index in [0.29, 0.717) is 23.0 Å². The molecule has 4 heteroatoms. The average molecular weight is 283 g/mol. The number of rotatable bonds is 7. The van der Waals surface area contributed by atoms with Gasteiger partial charge in [0.1, 0.15) is 0 Å². The highest BCUT2D eigenvalue weighted by molar-refractivity contribution is 6.31. The molecule has 0 bridgehead atoms. The number of hydrogen-bond donors (Lipinski definition) is 2. The van der Waals surface area contributed by atoms with E-state index in [0.717, 1.165) is 25.1 Å². The van der Waals surface area contributed by atoms with E-state index in [4.69, 9.17) is 11.6 Å². The average Bonchev–Trinajstić information content (AvgIpc) is 2.42. The lowest BCUT2D eigenvalue weighted by atomic mass is 10.0. The molecule has 19 heavy (non-hydrogen) atoms. The molecule has 0 aliphatic heterocycles. The molecule has 0 atom stereocenters. The quantitative estimate of drug-likeness (QED) is 0.795. The highest BCUT2D eigenvalue weighted by Gasteiger charge is 2.13. The lowest BCUT2D eigenvalue weighted by Gasteiger charge is -2.15. The first kappa shape index (κ1) is 15.8. The summed E-state index contributed by atoms with van der Waals surface area (Å²) in [5, 5.41) is 6.75. The topological polar surface area (TPSA) is 41.1 Å². The van der Waals surface area contributed by atoms with Gasteiger partial charge < -0.3 is 10.6 Å². The fourth-order valence-electron chi connectivity index (χ4n) is 1.96. The van der Waals surface area contributed by atoms with Gasteiger partial charge in [0.05, 0.1) is 5.56 Å². The van der Waals surface area contributed by atoms with E-state index < -0.39 is 0 Å². The Labute approximate surface area is 120 Å². The molecule has 106 valence electrons. The second-order valence-corrected chi connectivity index (χ2v) is 5.05. The molecule has 0 radical (unpaired) electrons. The minimum Gasteiger partial charge on any atom is -0.385 e. The molecule has 0 saturated carbocycles. The van der Waals surface area contributed by atoms with Crippen molar-refractivity contribution in [3.8, 4) is 0 Å². The van der Waals surface area contributed by atoms with Crippen LogP contribution in [0.5, 0.6) is 0 Å². The fraction of sp³-hybridized carbons (Fsp3) is 0.533. The largest absolute Gasteiger partial charge is 0.385 e. The zero-order chi connectivity index (χ0) is 14.3. The number of anilines is 1.